The SMILES string of the molecule is CCNc1cc(C(F)(F)F)cc(N(CCC#N)C(C)C)n1. The van der Waals surface area contributed by atoms with E-state index in [1.54, 1.807) is 11.8 Å². The highest BCUT2D eigenvalue weighted by molar-refractivity contribution is 5.51. The Kier molecular flexibility index (Phi) is 5.82. The highest BCUT2D eigenvalue weighted by Gasteiger charge is 2.32. The van der Waals surface area contributed by atoms with Crippen LogP contribution < -0.4 is 10.2 Å². The van der Waals surface area contributed by atoms with Crippen molar-refractivity contribution in [3.8, 4) is 6.07 Å². The molecule has 0 amide bonds. The summed E-state index contributed by atoms with van der Waals surface area (Å²) in [6.07, 6.45) is -4.20. The fourth-order valence-electron chi connectivity index (χ4n) is 1.91. The van der Waals surface area contributed by atoms with Crippen molar-refractivity contribution in [1.82, 2.24) is 4.98 Å². The van der Waals surface area contributed by atoms with Crippen molar-refractivity contribution in [3.05, 3.63) is 17.7 Å². The van der Waals surface area contributed by atoms with Crippen molar-refractivity contribution in [2.75, 3.05) is 23.3 Å². The largest absolute Gasteiger partial charge is 0.416 e. The van der Waals surface area contributed by atoms with Crippen LogP contribution >= 0.6 is 0 Å². The summed E-state index contributed by atoms with van der Waals surface area (Å²) in [6.45, 7) is 6.32. The Labute approximate surface area is 122 Å². The minimum atomic E-state index is -4.43. The van der Waals surface area contributed by atoms with Gasteiger partial charge in [-0.3, -0.25) is 0 Å². The van der Waals surface area contributed by atoms with Crippen LogP contribution in [0.5, 0.6) is 0 Å². The van der Waals surface area contributed by atoms with Crippen molar-refractivity contribution in [2.45, 2.75) is 39.4 Å². The van der Waals surface area contributed by atoms with Crippen molar-refractivity contribution < 1.29 is 13.2 Å². The normalized spacial score (nSPS) is 11.3. The number of halogens is 3. The van der Waals surface area contributed by atoms with E-state index in [9.17, 15) is 13.2 Å². The molecule has 0 saturated carbocycles. The molecular weight excluding hydrogens is 281 g/mol. The summed E-state index contributed by atoms with van der Waals surface area (Å²) in [6, 6.07) is 3.97. The van der Waals surface area contributed by atoms with Crippen LogP contribution in [0.2, 0.25) is 0 Å². The van der Waals surface area contributed by atoms with E-state index in [0.717, 1.165) is 12.1 Å². The number of hydrogen-bond donors (Lipinski definition) is 1. The fourth-order valence-corrected chi connectivity index (χ4v) is 1.91. The van der Waals surface area contributed by atoms with Gasteiger partial charge in [0.2, 0.25) is 0 Å². The Morgan fingerprint density at radius 2 is 2.05 bits per heavy atom. The molecule has 0 aromatic carbocycles. The lowest BCUT2D eigenvalue weighted by molar-refractivity contribution is -0.137. The lowest BCUT2D eigenvalue weighted by Gasteiger charge is -2.28. The van der Waals surface area contributed by atoms with Gasteiger partial charge in [-0.2, -0.15) is 18.4 Å². The minimum Gasteiger partial charge on any atom is -0.370 e. The molecule has 0 aliphatic rings. The van der Waals surface area contributed by atoms with Crippen molar-refractivity contribution in [2.24, 2.45) is 0 Å². The molecule has 21 heavy (non-hydrogen) atoms. The number of pyridine rings is 1. The molecule has 7 heteroatoms. The van der Waals surface area contributed by atoms with Crippen LogP contribution in [-0.4, -0.2) is 24.1 Å². The zero-order valence-electron chi connectivity index (χ0n) is 12.3. The molecule has 0 aliphatic heterocycles. The van der Waals surface area contributed by atoms with Gasteiger partial charge >= 0.3 is 6.18 Å². The van der Waals surface area contributed by atoms with Crippen LogP contribution in [0, 0.1) is 11.3 Å². The summed E-state index contributed by atoms with van der Waals surface area (Å²) in [5, 5.41) is 11.5. The van der Waals surface area contributed by atoms with Gasteiger partial charge in [0.1, 0.15) is 11.6 Å². The molecule has 0 saturated heterocycles. The maximum absolute atomic E-state index is 13.0. The number of anilines is 2. The third-order valence-corrected chi connectivity index (χ3v) is 2.88. The molecule has 1 heterocycles. The monoisotopic (exact) mass is 300 g/mol. The number of nitrogens with one attached hydrogen (secondary N) is 1. The summed E-state index contributed by atoms with van der Waals surface area (Å²) in [4.78, 5) is 5.91. The topological polar surface area (TPSA) is 52.0 Å². The Balaban J connectivity index is 3.25. The first-order chi connectivity index (χ1) is 9.79. The Morgan fingerprint density at radius 3 is 2.52 bits per heavy atom. The van der Waals surface area contributed by atoms with E-state index in [-0.39, 0.29) is 24.1 Å². The number of nitriles is 1. The zero-order chi connectivity index (χ0) is 16.0. The fraction of sp³-hybridized carbons (Fsp3) is 0.571. The van der Waals surface area contributed by atoms with E-state index in [4.69, 9.17) is 5.26 Å². The van der Waals surface area contributed by atoms with Gasteiger partial charge in [0.15, 0.2) is 0 Å². The molecule has 1 N–H and O–H groups in total. The summed E-state index contributed by atoms with van der Waals surface area (Å²) in [5.74, 6) is 0.413. The van der Waals surface area contributed by atoms with E-state index in [1.807, 2.05) is 19.9 Å². The predicted molar refractivity (Wildman–Crippen MR) is 76.1 cm³/mol. The second kappa shape index (κ2) is 7.16. The van der Waals surface area contributed by atoms with Gasteiger partial charge in [0, 0.05) is 19.1 Å². The number of aromatic nitrogens is 1. The van der Waals surface area contributed by atoms with Gasteiger partial charge in [-0.15, -0.1) is 0 Å². The smallest absolute Gasteiger partial charge is 0.370 e. The summed E-state index contributed by atoms with van der Waals surface area (Å²) >= 11 is 0. The number of rotatable bonds is 6. The summed E-state index contributed by atoms with van der Waals surface area (Å²) in [5.41, 5.74) is -0.744. The number of hydrogen-bond acceptors (Lipinski definition) is 4. The molecule has 0 aliphatic carbocycles. The Morgan fingerprint density at radius 1 is 1.38 bits per heavy atom. The molecule has 4 nitrogen and oxygen atoms in total. The minimum absolute atomic E-state index is 0.0520. The second-order valence-corrected chi connectivity index (χ2v) is 4.82. The third kappa shape index (κ3) is 4.81. The molecule has 116 valence electrons. The van der Waals surface area contributed by atoms with Crippen LogP contribution in [0.25, 0.3) is 0 Å². The molecule has 1 rings (SSSR count). The van der Waals surface area contributed by atoms with E-state index in [0.29, 0.717) is 13.1 Å². The van der Waals surface area contributed by atoms with E-state index in [1.165, 1.54) is 0 Å². The summed E-state index contributed by atoms with van der Waals surface area (Å²) in [7, 11) is 0. The van der Waals surface area contributed by atoms with Crippen LogP contribution in [0.1, 0.15) is 32.8 Å². The highest BCUT2D eigenvalue weighted by Crippen LogP contribution is 2.33. The van der Waals surface area contributed by atoms with E-state index >= 15 is 0 Å². The summed E-state index contributed by atoms with van der Waals surface area (Å²) < 4.78 is 38.9. The van der Waals surface area contributed by atoms with E-state index < -0.39 is 11.7 Å². The molecule has 1 aromatic heterocycles. The first kappa shape index (κ1) is 17.1. The molecule has 0 atom stereocenters. The highest BCUT2D eigenvalue weighted by atomic mass is 19.4. The Bertz CT molecular complexity index is 506. The van der Waals surface area contributed by atoms with Gasteiger partial charge in [0.05, 0.1) is 18.1 Å². The lowest BCUT2D eigenvalue weighted by Crippen LogP contribution is -2.32. The molecule has 1 aromatic rings. The third-order valence-electron chi connectivity index (χ3n) is 2.88. The van der Waals surface area contributed by atoms with E-state index in [2.05, 4.69) is 10.3 Å². The second-order valence-electron chi connectivity index (χ2n) is 4.82. The van der Waals surface area contributed by atoms with Crippen molar-refractivity contribution in [3.63, 3.8) is 0 Å². The van der Waals surface area contributed by atoms with Crippen LogP contribution in [0.4, 0.5) is 24.8 Å². The van der Waals surface area contributed by atoms with Gasteiger partial charge in [-0.1, -0.05) is 0 Å². The molecule has 0 unspecified atom stereocenters. The first-order valence-electron chi connectivity index (χ1n) is 6.76. The quantitative estimate of drug-likeness (QED) is 0.871. The molecule has 0 spiro atoms. The molecular formula is C14H19F3N4. The molecule has 0 bridgehead atoms. The first-order valence-corrected chi connectivity index (χ1v) is 6.76. The number of nitrogens with zero attached hydrogens (tertiary/aromatic N) is 3. The van der Waals surface area contributed by atoms with Crippen molar-refractivity contribution in [1.29, 1.82) is 5.26 Å². The average molecular weight is 300 g/mol. The molecule has 0 radical (unpaired) electrons. The zero-order valence-corrected chi connectivity index (χ0v) is 12.3. The standard InChI is InChI=1S/C14H19F3N4/c1-4-19-12-8-11(14(15,16)17)9-13(20-12)21(10(2)3)7-5-6-18/h8-10H,4-5,7H2,1-3H3,(H,19,20). The maximum Gasteiger partial charge on any atom is 0.416 e. The average Bonchev–Trinajstić information content (AvgIpc) is 2.38. The van der Waals surface area contributed by atoms with Crippen LogP contribution in [0.3, 0.4) is 0 Å². The van der Waals surface area contributed by atoms with Gasteiger partial charge in [-0.25, -0.2) is 4.98 Å². The molecule has 0 fully saturated rings. The predicted octanol–water partition coefficient (Wildman–Crippen LogP) is 3.66. The van der Waals surface area contributed by atoms with Crippen LogP contribution in [0.15, 0.2) is 12.1 Å². The Hall–Kier alpha value is -1.97. The maximum atomic E-state index is 13.0. The lowest BCUT2D eigenvalue weighted by atomic mass is 10.2. The van der Waals surface area contributed by atoms with Gasteiger partial charge in [0.25, 0.3) is 0 Å². The van der Waals surface area contributed by atoms with Gasteiger partial charge < -0.3 is 10.2 Å². The van der Waals surface area contributed by atoms with Gasteiger partial charge in [-0.05, 0) is 32.9 Å². The van der Waals surface area contributed by atoms with Crippen LogP contribution in [-0.2, 0) is 6.18 Å². The van der Waals surface area contributed by atoms with Crippen molar-refractivity contribution >= 4 is 11.6 Å². The number of alkyl halides is 3.